The largest absolute Gasteiger partial charge is 0.497 e. The van der Waals surface area contributed by atoms with Gasteiger partial charge in [-0.3, -0.25) is 9.78 Å². The highest BCUT2D eigenvalue weighted by Crippen LogP contribution is 2.31. The molecule has 1 amide bonds. The van der Waals surface area contributed by atoms with Crippen LogP contribution in [0.5, 0.6) is 11.5 Å². The van der Waals surface area contributed by atoms with Crippen molar-refractivity contribution in [3.63, 3.8) is 0 Å². The van der Waals surface area contributed by atoms with E-state index in [0.717, 1.165) is 16.8 Å². The molecule has 0 aliphatic carbocycles. The van der Waals surface area contributed by atoms with E-state index in [-0.39, 0.29) is 5.69 Å². The molecule has 0 saturated heterocycles. The van der Waals surface area contributed by atoms with Gasteiger partial charge < -0.3 is 14.8 Å². The highest BCUT2D eigenvalue weighted by Gasteiger charge is 2.23. The summed E-state index contributed by atoms with van der Waals surface area (Å²) in [7, 11) is 3.10. The number of carbonyl (C=O) groups excluding carboxylic acids is 1. The maximum absolute atomic E-state index is 13.3. The van der Waals surface area contributed by atoms with Crippen molar-refractivity contribution in [3.8, 4) is 28.4 Å². The van der Waals surface area contributed by atoms with Crippen molar-refractivity contribution < 1.29 is 14.3 Å². The van der Waals surface area contributed by atoms with E-state index < -0.39 is 5.91 Å². The number of aromatic nitrogens is 4. The molecule has 8 heteroatoms. The third-order valence-corrected chi connectivity index (χ3v) is 5.21. The predicted molar refractivity (Wildman–Crippen MR) is 122 cm³/mol. The number of methoxy groups -OCH3 is 2. The number of anilines is 1. The topological polar surface area (TPSA) is 91.2 Å². The summed E-state index contributed by atoms with van der Waals surface area (Å²) in [4.78, 5) is 17.5. The van der Waals surface area contributed by atoms with Crippen LogP contribution in [-0.4, -0.2) is 40.1 Å². The van der Waals surface area contributed by atoms with E-state index in [1.807, 2.05) is 38.1 Å². The predicted octanol–water partition coefficient (Wildman–Crippen LogP) is 4.22. The highest BCUT2D eigenvalue weighted by atomic mass is 16.5. The molecule has 0 unspecified atom stereocenters. The van der Waals surface area contributed by atoms with Crippen LogP contribution in [0.2, 0.25) is 0 Å². The average Bonchev–Trinajstić information content (AvgIpc) is 3.27. The van der Waals surface area contributed by atoms with E-state index in [0.29, 0.717) is 22.9 Å². The van der Waals surface area contributed by atoms with Gasteiger partial charge in [-0.1, -0.05) is 11.3 Å². The summed E-state index contributed by atoms with van der Waals surface area (Å²) in [6.07, 6.45) is 3.36. The Morgan fingerprint density at radius 1 is 1.00 bits per heavy atom. The monoisotopic (exact) mass is 429 g/mol. The third kappa shape index (κ3) is 4.02. The van der Waals surface area contributed by atoms with Crippen molar-refractivity contribution in [2.45, 2.75) is 13.8 Å². The fourth-order valence-corrected chi connectivity index (χ4v) is 3.32. The SMILES string of the molecule is COc1ccc(NC(=O)c2nnn(-c3ccc(C)c(C)c3)c2-c2cccnc2)c(OC)c1. The van der Waals surface area contributed by atoms with E-state index in [9.17, 15) is 4.79 Å². The standard InChI is InChI=1S/C24H23N5O3/c1-15-7-8-18(12-16(15)2)29-23(17-6-5-11-25-14-17)22(27-28-29)24(30)26-20-10-9-19(31-3)13-21(20)32-4/h5-14H,1-4H3,(H,26,30). The molecule has 4 aromatic rings. The van der Waals surface area contributed by atoms with Gasteiger partial charge in [-0.2, -0.15) is 0 Å². The van der Waals surface area contributed by atoms with Gasteiger partial charge in [-0.15, -0.1) is 5.10 Å². The minimum atomic E-state index is -0.414. The first-order valence-corrected chi connectivity index (χ1v) is 9.99. The van der Waals surface area contributed by atoms with Crippen LogP contribution in [0.15, 0.2) is 60.9 Å². The van der Waals surface area contributed by atoms with Crippen LogP contribution in [0.3, 0.4) is 0 Å². The Bertz CT molecular complexity index is 1270. The van der Waals surface area contributed by atoms with E-state index >= 15 is 0 Å². The summed E-state index contributed by atoms with van der Waals surface area (Å²) in [6, 6.07) is 14.8. The van der Waals surface area contributed by atoms with Crippen LogP contribution >= 0.6 is 0 Å². The van der Waals surface area contributed by atoms with Gasteiger partial charge in [-0.25, -0.2) is 4.68 Å². The number of ether oxygens (including phenoxy) is 2. The number of amides is 1. The minimum absolute atomic E-state index is 0.175. The first-order valence-electron chi connectivity index (χ1n) is 9.99. The van der Waals surface area contributed by atoms with Crippen LogP contribution in [0.25, 0.3) is 16.9 Å². The molecule has 0 atom stereocenters. The number of nitrogens with one attached hydrogen (secondary N) is 1. The molecule has 0 saturated carbocycles. The second kappa shape index (κ2) is 8.89. The molecule has 1 N–H and O–H groups in total. The molecule has 0 fully saturated rings. The Kier molecular flexibility index (Phi) is 5.85. The van der Waals surface area contributed by atoms with Crippen LogP contribution in [0.1, 0.15) is 21.6 Å². The minimum Gasteiger partial charge on any atom is -0.497 e. The van der Waals surface area contributed by atoms with E-state index in [1.165, 1.54) is 12.7 Å². The van der Waals surface area contributed by atoms with Crippen molar-refractivity contribution in [2.75, 3.05) is 19.5 Å². The Hall–Kier alpha value is -4.20. The van der Waals surface area contributed by atoms with Crippen LogP contribution in [0.4, 0.5) is 5.69 Å². The van der Waals surface area contributed by atoms with Gasteiger partial charge in [0.1, 0.15) is 17.2 Å². The lowest BCUT2D eigenvalue weighted by atomic mass is 10.1. The Morgan fingerprint density at radius 3 is 2.53 bits per heavy atom. The lowest BCUT2D eigenvalue weighted by Gasteiger charge is -2.12. The molecule has 0 spiro atoms. The summed E-state index contributed by atoms with van der Waals surface area (Å²) < 4.78 is 12.3. The number of hydrogen-bond donors (Lipinski definition) is 1. The summed E-state index contributed by atoms with van der Waals surface area (Å²) in [5, 5.41) is 11.4. The lowest BCUT2D eigenvalue weighted by molar-refractivity contribution is 0.102. The van der Waals surface area contributed by atoms with Crippen LogP contribution in [-0.2, 0) is 0 Å². The van der Waals surface area contributed by atoms with Crippen LogP contribution < -0.4 is 14.8 Å². The molecule has 2 aromatic carbocycles. The second-order valence-electron chi connectivity index (χ2n) is 7.23. The molecule has 162 valence electrons. The maximum Gasteiger partial charge on any atom is 0.278 e. The Labute approximate surface area is 185 Å². The number of carbonyl (C=O) groups is 1. The number of benzene rings is 2. The van der Waals surface area contributed by atoms with E-state index in [4.69, 9.17) is 9.47 Å². The second-order valence-corrected chi connectivity index (χ2v) is 7.23. The lowest BCUT2D eigenvalue weighted by Crippen LogP contribution is -2.15. The van der Waals surface area contributed by atoms with Gasteiger partial charge in [0.05, 0.1) is 25.6 Å². The molecular formula is C24H23N5O3. The molecule has 0 bridgehead atoms. The quantitative estimate of drug-likeness (QED) is 0.494. The fourth-order valence-electron chi connectivity index (χ4n) is 3.32. The van der Waals surface area contributed by atoms with Gasteiger partial charge in [0, 0.05) is 24.0 Å². The van der Waals surface area contributed by atoms with Gasteiger partial charge >= 0.3 is 0 Å². The zero-order valence-electron chi connectivity index (χ0n) is 18.3. The van der Waals surface area contributed by atoms with Crippen molar-refractivity contribution in [2.24, 2.45) is 0 Å². The van der Waals surface area contributed by atoms with Gasteiger partial charge in [0.2, 0.25) is 0 Å². The van der Waals surface area contributed by atoms with Crippen molar-refractivity contribution in [3.05, 3.63) is 77.7 Å². The molecule has 2 aromatic heterocycles. The van der Waals surface area contributed by atoms with Crippen molar-refractivity contribution >= 4 is 11.6 Å². The Morgan fingerprint density at radius 2 is 1.84 bits per heavy atom. The summed E-state index contributed by atoms with van der Waals surface area (Å²) in [6.45, 7) is 4.08. The normalized spacial score (nSPS) is 10.6. The Balaban J connectivity index is 1.78. The number of nitrogens with zero attached hydrogens (tertiary/aromatic N) is 4. The number of rotatable bonds is 6. The molecule has 0 aliphatic rings. The van der Waals surface area contributed by atoms with Gasteiger partial charge in [0.15, 0.2) is 5.69 Å². The molecule has 0 radical (unpaired) electrons. The number of pyridine rings is 1. The first-order chi connectivity index (χ1) is 15.5. The fraction of sp³-hybridized carbons (Fsp3) is 0.167. The molecule has 2 heterocycles. The molecule has 8 nitrogen and oxygen atoms in total. The summed E-state index contributed by atoms with van der Waals surface area (Å²) in [5.74, 6) is 0.682. The zero-order valence-corrected chi connectivity index (χ0v) is 18.3. The zero-order chi connectivity index (χ0) is 22.7. The molecular weight excluding hydrogens is 406 g/mol. The van der Waals surface area contributed by atoms with Gasteiger partial charge in [0.25, 0.3) is 5.91 Å². The van der Waals surface area contributed by atoms with Crippen molar-refractivity contribution in [1.82, 2.24) is 20.0 Å². The van der Waals surface area contributed by atoms with E-state index in [1.54, 1.807) is 48.5 Å². The molecule has 0 aliphatic heterocycles. The highest BCUT2D eigenvalue weighted by molar-refractivity contribution is 6.07. The third-order valence-electron chi connectivity index (χ3n) is 5.21. The number of hydrogen-bond acceptors (Lipinski definition) is 6. The molecule has 32 heavy (non-hydrogen) atoms. The number of aryl methyl sites for hydroxylation is 2. The molecule has 4 rings (SSSR count). The summed E-state index contributed by atoms with van der Waals surface area (Å²) >= 11 is 0. The van der Waals surface area contributed by atoms with Gasteiger partial charge in [-0.05, 0) is 61.4 Å². The van der Waals surface area contributed by atoms with Crippen molar-refractivity contribution in [1.29, 1.82) is 0 Å². The smallest absolute Gasteiger partial charge is 0.278 e. The average molecular weight is 429 g/mol. The van der Waals surface area contributed by atoms with Crippen LogP contribution in [0, 0.1) is 13.8 Å². The summed E-state index contributed by atoms with van der Waals surface area (Å²) in [5.41, 5.74) is 5.03. The first kappa shape index (κ1) is 21.0. The van der Waals surface area contributed by atoms with E-state index in [2.05, 4.69) is 20.6 Å². The maximum atomic E-state index is 13.3.